The van der Waals surface area contributed by atoms with Crippen molar-refractivity contribution in [3.63, 3.8) is 0 Å². The molecule has 0 spiro atoms. The topological polar surface area (TPSA) is 86.3 Å². The minimum atomic E-state index is -3.51. The number of halogens is 1. The molecule has 0 N–H and O–H groups in total. The maximum absolute atomic E-state index is 13.2. The van der Waals surface area contributed by atoms with Gasteiger partial charge in [0.1, 0.15) is 16.3 Å². The van der Waals surface area contributed by atoms with Gasteiger partial charge in [0.25, 0.3) is 0 Å². The van der Waals surface area contributed by atoms with Crippen LogP contribution in [-0.4, -0.2) is 23.8 Å². The highest BCUT2D eigenvalue weighted by molar-refractivity contribution is 6.76. The molecule has 0 aliphatic heterocycles. The monoisotopic (exact) mass is 238 g/mol. The number of nitrogens with zero attached hydrogens (tertiary/aromatic N) is 2. The molecule has 0 aliphatic carbocycles. The van der Waals surface area contributed by atoms with Crippen LogP contribution in [0, 0.1) is 20.2 Å². The third-order valence-electron chi connectivity index (χ3n) is 1.98. The molecule has 8 heteroatoms. The zero-order chi connectivity index (χ0) is 12.3. The molecule has 15 heavy (non-hydrogen) atoms. The third-order valence-corrected chi connectivity index (χ3v) is 3.83. The van der Waals surface area contributed by atoms with Crippen molar-refractivity contribution in [2.45, 2.75) is 44.4 Å². The van der Waals surface area contributed by atoms with E-state index in [4.69, 9.17) is 0 Å². The highest BCUT2D eigenvalue weighted by atomic mass is 28.3. The average Bonchev–Trinajstić information content (AvgIpc) is 2.00. The van der Waals surface area contributed by atoms with Gasteiger partial charge >= 0.3 is 5.92 Å². The van der Waals surface area contributed by atoms with Crippen molar-refractivity contribution in [3.05, 3.63) is 20.2 Å². The van der Waals surface area contributed by atoms with Gasteiger partial charge in [-0.15, -0.1) is 0 Å². The minimum absolute atomic E-state index is 0.175. The summed E-state index contributed by atoms with van der Waals surface area (Å²) in [4.78, 5) is 17.5. The van der Waals surface area contributed by atoms with Gasteiger partial charge in [-0.3, -0.25) is 20.2 Å². The second-order valence-corrected chi connectivity index (χ2v) is 10.3. The Balaban J connectivity index is 4.34. The van der Waals surface area contributed by atoms with Gasteiger partial charge in [0, 0.05) is 8.07 Å². The fourth-order valence-corrected chi connectivity index (χ4v) is 2.33. The largest absolute Gasteiger partial charge is 0.613 e. The second kappa shape index (κ2) is 4.64. The summed E-state index contributed by atoms with van der Waals surface area (Å²) in [6, 6.07) is 0.639. The minimum Gasteiger partial charge on any atom is -0.256 e. The fourth-order valence-electron chi connectivity index (χ4n) is 1.09. The first-order valence-electron chi connectivity index (χ1n) is 4.57. The van der Waals surface area contributed by atoms with Crippen molar-refractivity contribution < 1.29 is 14.2 Å². The molecule has 0 aromatic carbocycles. The lowest BCUT2D eigenvalue weighted by atomic mass is 10.2. The van der Waals surface area contributed by atoms with Gasteiger partial charge in [0.05, 0.1) is 0 Å². The van der Waals surface area contributed by atoms with Crippen molar-refractivity contribution >= 4 is 8.07 Å². The Morgan fingerprint density at radius 2 is 1.60 bits per heavy atom. The molecule has 0 fully saturated rings. The molecular weight excluding hydrogens is 223 g/mol. The Morgan fingerprint density at radius 3 is 1.87 bits per heavy atom. The summed E-state index contributed by atoms with van der Waals surface area (Å²) in [7, 11) is -1.44. The third kappa shape index (κ3) is 4.32. The van der Waals surface area contributed by atoms with E-state index in [9.17, 15) is 24.6 Å². The van der Waals surface area contributed by atoms with Crippen LogP contribution >= 0.6 is 0 Å². The highest BCUT2D eigenvalue weighted by Gasteiger charge is 2.56. The maximum atomic E-state index is 13.2. The molecule has 88 valence electrons. The summed E-state index contributed by atoms with van der Waals surface area (Å²) < 4.78 is 13.2. The summed E-state index contributed by atoms with van der Waals surface area (Å²) >= 11 is 0. The molecule has 0 unspecified atom stereocenters. The zero-order valence-electron chi connectivity index (χ0n) is 9.03. The van der Waals surface area contributed by atoms with E-state index >= 15 is 0 Å². The van der Waals surface area contributed by atoms with Crippen LogP contribution in [-0.2, 0) is 0 Å². The van der Waals surface area contributed by atoms with E-state index in [2.05, 4.69) is 0 Å². The normalized spacial score (nSPS) is 12.5. The van der Waals surface area contributed by atoms with E-state index in [0.29, 0.717) is 6.04 Å². The molecular formula is C7H15FN2O4Si. The molecule has 0 aromatic heterocycles. The number of alkyl halides is 1. The summed E-state index contributed by atoms with van der Waals surface area (Å²) in [5.74, 6) is -3.51. The van der Waals surface area contributed by atoms with E-state index in [0.717, 1.165) is 0 Å². The quantitative estimate of drug-likeness (QED) is 0.233. The first-order valence-corrected chi connectivity index (χ1v) is 8.28. The predicted molar refractivity (Wildman–Crippen MR) is 55.2 cm³/mol. The Morgan fingerprint density at radius 1 is 1.20 bits per heavy atom. The Kier molecular flexibility index (Phi) is 4.32. The van der Waals surface area contributed by atoms with Crippen LogP contribution in [0.4, 0.5) is 4.39 Å². The summed E-state index contributed by atoms with van der Waals surface area (Å²) in [5, 5.41) is 20.4. The number of hydrogen-bond acceptors (Lipinski definition) is 4. The lowest BCUT2D eigenvalue weighted by Gasteiger charge is -2.15. The van der Waals surface area contributed by atoms with Crippen molar-refractivity contribution in [1.82, 2.24) is 0 Å². The van der Waals surface area contributed by atoms with Gasteiger partial charge in [-0.2, -0.15) is 0 Å². The first-order chi connectivity index (χ1) is 6.59. The van der Waals surface area contributed by atoms with Crippen LogP contribution in [0.3, 0.4) is 0 Å². The van der Waals surface area contributed by atoms with Gasteiger partial charge in [-0.1, -0.05) is 30.1 Å². The summed E-state index contributed by atoms with van der Waals surface area (Å²) in [5.41, 5.74) is 0. The van der Waals surface area contributed by atoms with Gasteiger partial charge in [-0.05, 0) is 6.42 Å². The van der Waals surface area contributed by atoms with Crippen LogP contribution in [0.5, 0.6) is 0 Å². The van der Waals surface area contributed by atoms with E-state index < -0.39 is 30.3 Å². The number of hydrogen-bond donors (Lipinski definition) is 0. The molecule has 0 saturated carbocycles. The van der Waals surface area contributed by atoms with Crippen LogP contribution in [0.2, 0.25) is 25.7 Å². The standard InChI is InChI=1S/C7H15FN2O4Si/c1-15(2,3)6-4-5-7(8,9(11)12)10(13)14/h4-6H2,1-3H3. The molecule has 0 saturated heterocycles. The maximum Gasteiger partial charge on any atom is 0.613 e. The Bertz CT molecular complexity index is 252. The Hall–Kier alpha value is -1.05. The predicted octanol–water partition coefficient (Wildman–Crippen LogP) is 2.28. The fraction of sp³-hybridized carbons (Fsp3) is 1.00. The first kappa shape index (κ1) is 13.9. The van der Waals surface area contributed by atoms with Crippen LogP contribution in [0.1, 0.15) is 12.8 Å². The molecule has 0 bridgehead atoms. The van der Waals surface area contributed by atoms with E-state index in [-0.39, 0.29) is 6.42 Å². The molecule has 0 aliphatic rings. The van der Waals surface area contributed by atoms with Gasteiger partial charge in [0.2, 0.25) is 0 Å². The summed E-state index contributed by atoms with van der Waals surface area (Å²) in [6.07, 6.45) is -0.481. The van der Waals surface area contributed by atoms with E-state index in [1.54, 1.807) is 0 Å². The molecule has 0 aromatic rings. The van der Waals surface area contributed by atoms with Crippen LogP contribution in [0.25, 0.3) is 0 Å². The Labute approximate surface area is 87.8 Å². The van der Waals surface area contributed by atoms with E-state index in [1.807, 2.05) is 19.6 Å². The molecule has 0 amide bonds. The van der Waals surface area contributed by atoms with Crippen molar-refractivity contribution in [1.29, 1.82) is 0 Å². The number of rotatable bonds is 6. The second-order valence-electron chi connectivity index (χ2n) is 4.65. The van der Waals surface area contributed by atoms with Crippen molar-refractivity contribution in [3.8, 4) is 0 Å². The number of nitro groups is 2. The molecule has 6 nitrogen and oxygen atoms in total. The SMILES string of the molecule is C[Si](C)(C)CCCC(F)([N+](=O)[O-])[N+](=O)[O-]. The van der Waals surface area contributed by atoms with Gasteiger partial charge < -0.3 is 0 Å². The van der Waals surface area contributed by atoms with Gasteiger partial charge in [-0.25, -0.2) is 0 Å². The van der Waals surface area contributed by atoms with Gasteiger partial charge in [0.15, 0.2) is 0 Å². The smallest absolute Gasteiger partial charge is 0.256 e. The van der Waals surface area contributed by atoms with Crippen molar-refractivity contribution in [2.75, 3.05) is 0 Å². The molecule has 0 radical (unpaired) electrons. The lowest BCUT2D eigenvalue weighted by Crippen LogP contribution is -2.41. The average molecular weight is 238 g/mol. The van der Waals surface area contributed by atoms with E-state index in [1.165, 1.54) is 0 Å². The molecule has 0 atom stereocenters. The van der Waals surface area contributed by atoms with Crippen molar-refractivity contribution in [2.24, 2.45) is 0 Å². The summed E-state index contributed by atoms with van der Waals surface area (Å²) in [6.45, 7) is 6.06. The van der Waals surface area contributed by atoms with Crippen LogP contribution < -0.4 is 0 Å². The van der Waals surface area contributed by atoms with Crippen LogP contribution in [0.15, 0.2) is 0 Å². The molecule has 0 heterocycles. The zero-order valence-corrected chi connectivity index (χ0v) is 10.0. The molecule has 0 rings (SSSR count). The highest BCUT2D eigenvalue weighted by Crippen LogP contribution is 2.23. The lowest BCUT2D eigenvalue weighted by molar-refractivity contribution is -0.832.